The van der Waals surface area contributed by atoms with Crippen molar-refractivity contribution >= 4 is 43.0 Å². The molecule has 21 heavy (non-hydrogen) atoms. The van der Waals surface area contributed by atoms with Gasteiger partial charge in [0.25, 0.3) is 10.0 Å². The largest absolute Gasteiger partial charge is 0.489 e. The number of sulfonamides is 1. The number of fused-ring (bicyclic) bond motifs is 1. The molecule has 0 saturated heterocycles. The zero-order valence-electron chi connectivity index (χ0n) is 11.0. The van der Waals surface area contributed by atoms with Crippen LogP contribution in [0, 0.1) is 12.7 Å². The number of ether oxygens (including phenoxy) is 1. The fourth-order valence-electron chi connectivity index (χ4n) is 2.25. The molecule has 4 nitrogen and oxygen atoms in total. The highest BCUT2D eigenvalue weighted by atomic mass is 79.9. The lowest BCUT2D eigenvalue weighted by Crippen LogP contribution is -2.38. The van der Waals surface area contributed by atoms with E-state index in [2.05, 4.69) is 15.9 Å². The van der Waals surface area contributed by atoms with Gasteiger partial charge in [-0.05, 0) is 41.1 Å². The summed E-state index contributed by atoms with van der Waals surface area (Å²) in [5, 5.41) is 0. The number of benzene rings is 1. The molecule has 0 amide bonds. The van der Waals surface area contributed by atoms with Crippen LogP contribution in [0.1, 0.15) is 4.88 Å². The molecule has 0 unspecified atom stereocenters. The summed E-state index contributed by atoms with van der Waals surface area (Å²) in [6.07, 6.45) is 0. The summed E-state index contributed by atoms with van der Waals surface area (Å²) < 4.78 is 46.9. The van der Waals surface area contributed by atoms with E-state index in [1.54, 1.807) is 19.1 Å². The lowest BCUT2D eigenvalue weighted by atomic mass is 10.2. The number of halogens is 2. The number of hydrogen-bond acceptors (Lipinski definition) is 4. The first-order valence-corrected chi connectivity index (χ1v) is 9.16. The van der Waals surface area contributed by atoms with Crippen LogP contribution < -0.4 is 9.04 Å². The average Bonchev–Trinajstić information content (AvgIpc) is 2.78. The fraction of sp³-hybridized carbons (Fsp3) is 0.231. The molecule has 1 aliphatic heterocycles. The number of anilines is 1. The highest BCUT2D eigenvalue weighted by molar-refractivity contribution is 9.11. The number of hydrogen-bond donors (Lipinski definition) is 0. The van der Waals surface area contributed by atoms with Crippen LogP contribution in [-0.2, 0) is 10.0 Å². The molecule has 1 aromatic heterocycles. The Morgan fingerprint density at radius 1 is 1.43 bits per heavy atom. The molecule has 1 aliphatic rings. The summed E-state index contributed by atoms with van der Waals surface area (Å²) in [7, 11) is -3.81. The molecule has 1 aromatic carbocycles. The van der Waals surface area contributed by atoms with Gasteiger partial charge in [0.05, 0.1) is 10.3 Å². The SMILES string of the molecule is Cc1sc(Br)cc1S(=O)(=O)N1CCOc2cccc(F)c21. The van der Waals surface area contributed by atoms with Crippen LogP contribution in [0.4, 0.5) is 10.1 Å². The zero-order chi connectivity index (χ0) is 15.2. The molecule has 3 rings (SSSR count). The Balaban J connectivity index is 2.16. The summed E-state index contributed by atoms with van der Waals surface area (Å²) in [4.78, 5) is 0.849. The van der Waals surface area contributed by atoms with Gasteiger partial charge in [-0.2, -0.15) is 0 Å². The van der Waals surface area contributed by atoms with Gasteiger partial charge in [-0.3, -0.25) is 4.31 Å². The van der Waals surface area contributed by atoms with Crippen molar-refractivity contribution in [2.75, 3.05) is 17.5 Å². The summed E-state index contributed by atoms with van der Waals surface area (Å²) in [5.41, 5.74) is -0.0227. The lowest BCUT2D eigenvalue weighted by Gasteiger charge is -2.30. The first-order chi connectivity index (χ1) is 9.91. The van der Waals surface area contributed by atoms with E-state index in [4.69, 9.17) is 4.74 Å². The number of aryl methyl sites for hydroxylation is 1. The van der Waals surface area contributed by atoms with E-state index in [0.29, 0.717) is 4.88 Å². The molecular formula is C13H11BrFNO3S2. The first-order valence-electron chi connectivity index (χ1n) is 6.11. The standard InChI is InChI=1S/C13H11BrFNO3S2/c1-8-11(7-12(14)20-8)21(17,18)16-5-6-19-10-4-2-3-9(15)13(10)16/h2-4,7H,5-6H2,1H3. The van der Waals surface area contributed by atoms with Crippen LogP contribution in [0.2, 0.25) is 0 Å². The van der Waals surface area contributed by atoms with Crippen molar-refractivity contribution in [1.29, 1.82) is 0 Å². The van der Waals surface area contributed by atoms with Crippen LogP contribution in [0.5, 0.6) is 5.75 Å². The van der Waals surface area contributed by atoms with Crippen molar-refractivity contribution in [3.8, 4) is 5.75 Å². The molecule has 0 atom stereocenters. The molecular weight excluding hydrogens is 381 g/mol. The quantitative estimate of drug-likeness (QED) is 0.786. The lowest BCUT2D eigenvalue weighted by molar-refractivity contribution is 0.313. The Labute approximate surface area is 134 Å². The van der Waals surface area contributed by atoms with Crippen LogP contribution in [0.3, 0.4) is 0 Å². The second-order valence-corrected chi connectivity index (χ2v) is 8.95. The highest BCUT2D eigenvalue weighted by Gasteiger charge is 2.34. The Morgan fingerprint density at radius 3 is 2.86 bits per heavy atom. The molecule has 2 aromatic rings. The minimum Gasteiger partial charge on any atom is -0.489 e. The predicted octanol–water partition coefficient (Wildman–Crippen LogP) is 3.55. The van der Waals surface area contributed by atoms with Crippen LogP contribution in [0.25, 0.3) is 0 Å². The molecule has 0 saturated carbocycles. The maximum Gasteiger partial charge on any atom is 0.265 e. The van der Waals surface area contributed by atoms with Crippen molar-refractivity contribution in [2.24, 2.45) is 0 Å². The number of thiophene rings is 1. The minimum absolute atomic E-state index is 0.0227. The highest BCUT2D eigenvalue weighted by Crippen LogP contribution is 2.39. The van der Waals surface area contributed by atoms with Crippen LogP contribution >= 0.6 is 27.3 Å². The van der Waals surface area contributed by atoms with Crippen molar-refractivity contribution in [1.82, 2.24) is 0 Å². The van der Waals surface area contributed by atoms with Crippen molar-refractivity contribution in [3.05, 3.63) is 38.7 Å². The summed E-state index contributed by atoms with van der Waals surface area (Å²) in [6, 6.07) is 5.84. The third kappa shape index (κ3) is 2.45. The van der Waals surface area contributed by atoms with Gasteiger partial charge in [-0.15, -0.1) is 11.3 Å². The maximum atomic E-state index is 14.1. The third-order valence-corrected chi connectivity index (χ3v) is 6.77. The van der Waals surface area contributed by atoms with Gasteiger partial charge < -0.3 is 4.74 Å². The maximum absolute atomic E-state index is 14.1. The third-order valence-electron chi connectivity index (χ3n) is 3.16. The van der Waals surface area contributed by atoms with Gasteiger partial charge >= 0.3 is 0 Å². The Kier molecular flexibility index (Phi) is 3.71. The van der Waals surface area contributed by atoms with Gasteiger partial charge in [-0.25, -0.2) is 12.8 Å². The van der Waals surface area contributed by atoms with Gasteiger partial charge in [-0.1, -0.05) is 6.07 Å². The number of rotatable bonds is 2. The average molecular weight is 392 g/mol. The van der Waals surface area contributed by atoms with Gasteiger partial charge in [0.2, 0.25) is 0 Å². The van der Waals surface area contributed by atoms with Crippen LogP contribution in [0.15, 0.2) is 32.9 Å². The van der Waals surface area contributed by atoms with Gasteiger partial charge in [0, 0.05) is 4.88 Å². The summed E-state index contributed by atoms with van der Waals surface area (Å²) in [6.45, 7) is 2.01. The molecule has 8 heteroatoms. The molecule has 0 spiro atoms. The monoisotopic (exact) mass is 391 g/mol. The van der Waals surface area contributed by atoms with E-state index in [1.807, 2.05) is 0 Å². The summed E-state index contributed by atoms with van der Waals surface area (Å²) in [5.74, 6) is -0.362. The van der Waals surface area contributed by atoms with E-state index in [-0.39, 0.29) is 29.5 Å². The van der Waals surface area contributed by atoms with Gasteiger partial charge in [0.1, 0.15) is 22.9 Å². The Morgan fingerprint density at radius 2 is 2.19 bits per heavy atom. The second kappa shape index (κ2) is 5.26. The number of nitrogens with zero attached hydrogens (tertiary/aromatic N) is 1. The van der Waals surface area contributed by atoms with E-state index in [9.17, 15) is 12.8 Å². The van der Waals surface area contributed by atoms with Crippen molar-refractivity contribution < 1.29 is 17.5 Å². The molecule has 0 N–H and O–H groups in total. The molecule has 0 bridgehead atoms. The van der Waals surface area contributed by atoms with Crippen molar-refractivity contribution in [2.45, 2.75) is 11.8 Å². The Bertz CT molecular complexity index is 804. The number of para-hydroxylation sites is 1. The first kappa shape index (κ1) is 14.8. The summed E-state index contributed by atoms with van der Waals surface area (Å²) >= 11 is 4.61. The molecule has 0 aliphatic carbocycles. The minimum atomic E-state index is -3.81. The van der Waals surface area contributed by atoms with E-state index < -0.39 is 15.8 Å². The second-order valence-electron chi connectivity index (χ2n) is 4.48. The van der Waals surface area contributed by atoms with E-state index in [1.165, 1.54) is 23.5 Å². The predicted molar refractivity (Wildman–Crippen MR) is 83.2 cm³/mol. The molecule has 2 heterocycles. The van der Waals surface area contributed by atoms with Crippen molar-refractivity contribution in [3.63, 3.8) is 0 Å². The van der Waals surface area contributed by atoms with E-state index >= 15 is 0 Å². The van der Waals surface area contributed by atoms with Crippen LogP contribution in [-0.4, -0.2) is 21.6 Å². The molecule has 0 radical (unpaired) electrons. The zero-order valence-corrected chi connectivity index (χ0v) is 14.2. The van der Waals surface area contributed by atoms with Gasteiger partial charge in [0.15, 0.2) is 5.82 Å². The van der Waals surface area contributed by atoms with E-state index in [0.717, 1.165) is 8.09 Å². The molecule has 0 fully saturated rings. The molecule has 112 valence electrons. The smallest absolute Gasteiger partial charge is 0.265 e. The normalized spacial score (nSPS) is 14.7. The fourth-order valence-corrected chi connectivity index (χ4v) is 6.10. The Hall–Kier alpha value is -1.12. The topological polar surface area (TPSA) is 46.6 Å².